The van der Waals surface area contributed by atoms with Crippen molar-refractivity contribution in [3.63, 3.8) is 0 Å². The Labute approximate surface area is 90.9 Å². The summed E-state index contributed by atoms with van der Waals surface area (Å²) < 4.78 is 0. The third-order valence-electron chi connectivity index (χ3n) is 2.11. The zero-order chi connectivity index (χ0) is 11.1. The predicted molar refractivity (Wildman–Crippen MR) is 64.3 cm³/mol. The number of benzene rings is 1. The SMILES string of the molecule is CC(C)Cc1ccccc1/C=C\C=N\O. The summed E-state index contributed by atoms with van der Waals surface area (Å²) in [7, 11) is 0. The fourth-order valence-electron chi connectivity index (χ4n) is 1.51. The lowest BCUT2D eigenvalue weighted by molar-refractivity contribution is 0.322. The summed E-state index contributed by atoms with van der Waals surface area (Å²) in [5.74, 6) is 0.644. The molecule has 0 spiro atoms. The zero-order valence-corrected chi connectivity index (χ0v) is 9.22. The summed E-state index contributed by atoms with van der Waals surface area (Å²) in [6.07, 6.45) is 6.12. The fourth-order valence-corrected chi connectivity index (χ4v) is 1.51. The minimum absolute atomic E-state index is 0.644. The van der Waals surface area contributed by atoms with E-state index in [-0.39, 0.29) is 0 Å². The van der Waals surface area contributed by atoms with Crippen LogP contribution in [0.4, 0.5) is 0 Å². The van der Waals surface area contributed by atoms with E-state index in [9.17, 15) is 0 Å². The van der Waals surface area contributed by atoms with Gasteiger partial charge in [0.1, 0.15) is 0 Å². The van der Waals surface area contributed by atoms with Crippen molar-refractivity contribution >= 4 is 12.3 Å². The van der Waals surface area contributed by atoms with E-state index < -0.39 is 0 Å². The lowest BCUT2D eigenvalue weighted by Gasteiger charge is -2.07. The van der Waals surface area contributed by atoms with E-state index in [4.69, 9.17) is 5.21 Å². The first-order valence-electron chi connectivity index (χ1n) is 5.16. The van der Waals surface area contributed by atoms with Crippen molar-refractivity contribution in [2.75, 3.05) is 0 Å². The van der Waals surface area contributed by atoms with Crippen LogP contribution in [0.15, 0.2) is 35.5 Å². The molecule has 0 aromatic heterocycles. The van der Waals surface area contributed by atoms with Gasteiger partial charge in [0.15, 0.2) is 0 Å². The molecular weight excluding hydrogens is 186 g/mol. The first-order chi connectivity index (χ1) is 7.24. The summed E-state index contributed by atoms with van der Waals surface area (Å²) in [5.41, 5.74) is 2.51. The molecule has 0 aliphatic carbocycles. The molecule has 0 heterocycles. The average molecular weight is 203 g/mol. The first kappa shape index (κ1) is 11.5. The maximum absolute atomic E-state index is 8.28. The quantitative estimate of drug-likeness (QED) is 0.454. The number of nitrogens with zero attached hydrogens (tertiary/aromatic N) is 1. The Morgan fingerprint density at radius 3 is 2.73 bits per heavy atom. The van der Waals surface area contributed by atoms with Crippen molar-refractivity contribution < 1.29 is 5.21 Å². The van der Waals surface area contributed by atoms with Gasteiger partial charge in [-0.2, -0.15) is 0 Å². The monoisotopic (exact) mass is 203 g/mol. The van der Waals surface area contributed by atoms with Crippen molar-refractivity contribution in [2.24, 2.45) is 11.1 Å². The molecule has 1 aromatic rings. The van der Waals surface area contributed by atoms with Crippen LogP contribution < -0.4 is 0 Å². The summed E-state index contributed by atoms with van der Waals surface area (Å²) in [4.78, 5) is 0. The van der Waals surface area contributed by atoms with Gasteiger partial charge in [-0.1, -0.05) is 49.3 Å². The summed E-state index contributed by atoms with van der Waals surface area (Å²) >= 11 is 0. The molecule has 1 N–H and O–H groups in total. The van der Waals surface area contributed by atoms with Crippen molar-refractivity contribution in [3.8, 4) is 0 Å². The van der Waals surface area contributed by atoms with Crippen molar-refractivity contribution in [1.29, 1.82) is 0 Å². The molecule has 0 aliphatic heterocycles. The van der Waals surface area contributed by atoms with E-state index in [1.807, 2.05) is 12.1 Å². The van der Waals surface area contributed by atoms with Crippen molar-refractivity contribution in [1.82, 2.24) is 0 Å². The molecule has 0 saturated heterocycles. The van der Waals surface area contributed by atoms with Crippen LogP contribution in [0.5, 0.6) is 0 Å². The normalized spacial score (nSPS) is 11.9. The van der Waals surface area contributed by atoms with Crippen LogP contribution in [0.2, 0.25) is 0 Å². The maximum Gasteiger partial charge on any atom is 0.0661 e. The highest BCUT2D eigenvalue weighted by molar-refractivity contribution is 5.78. The van der Waals surface area contributed by atoms with Gasteiger partial charge in [-0.05, 0) is 29.5 Å². The molecule has 0 saturated carbocycles. The zero-order valence-electron chi connectivity index (χ0n) is 9.22. The van der Waals surface area contributed by atoms with E-state index >= 15 is 0 Å². The van der Waals surface area contributed by atoms with Crippen LogP contribution in [-0.4, -0.2) is 11.4 Å². The Hall–Kier alpha value is -1.57. The van der Waals surface area contributed by atoms with E-state index in [1.54, 1.807) is 6.08 Å². The van der Waals surface area contributed by atoms with Crippen LogP contribution >= 0.6 is 0 Å². The minimum Gasteiger partial charge on any atom is -0.411 e. The molecule has 0 radical (unpaired) electrons. The number of allylic oxidation sites excluding steroid dienone is 1. The molecule has 2 heteroatoms. The highest BCUT2D eigenvalue weighted by Crippen LogP contribution is 2.14. The van der Waals surface area contributed by atoms with E-state index in [1.165, 1.54) is 17.3 Å². The second-order valence-corrected chi connectivity index (χ2v) is 3.92. The van der Waals surface area contributed by atoms with Crippen molar-refractivity contribution in [3.05, 3.63) is 41.5 Å². The molecule has 0 aliphatic rings. The third-order valence-corrected chi connectivity index (χ3v) is 2.11. The molecule has 1 aromatic carbocycles. The molecule has 0 atom stereocenters. The van der Waals surface area contributed by atoms with Crippen LogP contribution in [0.1, 0.15) is 25.0 Å². The van der Waals surface area contributed by atoms with Gasteiger partial charge in [0.05, 0.1) is 6.21 Å². The van der Waals surface area contributed by atoms with Gasteiger partial charge >= 0.3 is 0 Å². The smallest absolute Gasteiger partial charge is 0.0661 e. The van der Waals surface area contributed by atoms with Gasteiger partial charge in [0.2, 0.25) is 0 Å². The van der Waals surface area contributed by atoms with Gasteiger partial charge in [0.25, 0.3) is 0 Å². The fraction of sp³-hybridized carbons (Fsp3) is 0.308. The second kappa shape index (κ2) is 6.02. The van der Waals surface area contributed by atoms with E-state index in [2.05, 4.69) is 37.2 Å². The highest BCUT2D eigenvalue weighted by Gasteiger charge is 2.00. The van der Waals surface area contributed by atoms with Gasteiger partial charge in [-0.3, -0.25) is 0 Å². The summed E-state index contributed by atoms with van der Waals surface area (Å²) in [6.45, 7) is 4.41. The lowest BCUT2D eigenvalue weighted by atomic mass is 9.98. The number of hydrogen-bond donors (Lipinski definition) is 1. The number of rotatable bonds is 4. The van der Waals surface area contributed by atoms with Gasteiger partial charge in [0, 0.05) is 0 Å². The Bertz CT molecular complexity index is 353. The van der Waals surface area contributed by atoms with Crippen LogP contribution in [0.3, 0.4) is 0 Å². The van der Waals surface area contributed by atoms with E-state index in [0.717, 1.165) is 6.42 Å². The van der Waals surface area contributed by atoms with Crippen molar-refractivity contribution in [2.45, 2.75) is 20.3 Å². The van der Waals surface area contributed by atoms with Crippen LogP contribution in [-0.2, 0) is 6.42 Å². The van der Waals surface area contributed by atoms with Crippen LogP contribution in [0, 0.1) is 5.92 Å². The first-order valence-corrected chi connectivity index (χ1v) is 5.16. The standard InChI is InChI=1S/C13H17NO/c1-11(2)10-13-7-4-3-6-12(13)8-5-9-14-15/h3-9,11,15H,10H2,1-2H3/b8-5-,14-9+. The third kappa shape index (κ3) is 3.98. The average Bonchev–Trinajstić information content (AvgIpc) is 2.20. The number of oxime groups is 1. The summed E-state index contributed by atoms with van der Waals surface area (Å²) in [6, 6.07) is 8.27. The Kier molecular flexibility index (Phi) is 4.61. The van der Waals surface area contributed by atoms with Gasteiger partial charge in [-0.15, -0.1) is 0 Å². The van der Waals surface area contributed by atoms with Crippen LogP contribution in [0.25, 0.3) is 6.08 Å². The molecule has 2 nitrogen and oxygen atoms in total. The molecule has 0 bridgehead atoms. The summed E-state index contributed by atoms with van der Waals surface area (Å²) in [5, 5.41) is 11.2. The highest BCUT2D eigenvalue weighted by atomic mass is 16.4. The molecular formula is C13H17NO. The molecule has 80 valence electrons. The van der Waals surface area contributed by atoms with E-state index in [0.29, 0.717) is 5.92 Å². The predicted octanol–water partition coefficient (Wildman–Crippen LogP) is 3.36. The Balaban J connectivity index is 2.85. The molecule has 0 amide bonds. The largest absolute Gasteiger partial charge is 0.411 e. The molecule has 0 unspecified atom stereocenters. The Morgan fingerprint density at radius 1 is 1.33 bits per heavy atom. The lowest BCUT2D eigenvalue weighted by Crippen LogP contribution is -1.96. The minimum atomic E-state index is 0.644. The Morgan fingerprint density at radius 2 is 2.07 bits per heavy atom. The van der Waals surface area contributed by atoms with Gasteiger partial charge in [-0.25, -0.2) is 0 Å². The van der Waals surface area contributed by atoms with Gasteiger partial charge < -0.3 is 5.21 Å². The molecule has 15 heavy (non-hydrogen) atoms. The molecule has 1 rings (SSSR count). The maximum atomic E-state index is 8.28. The topological polar surface area (TPSA) is 32.6 Å². The second-order valence-electron chi connectivity index (χ2n) is 3.92. The number of hydrogen-bond acceptors (Lipinski definition) is 2. The molecule has 0 fully saturated rings.